The third-order valence-electron chi connectivity index (χ3n) is 5.95. The number of aryl methyl sites for hydroxylation is 2. The molecule has 2 saturated heterocycles. The van der Waals surface area contributed by atoms with Crippen molar-refractivity contribution >= 4 is 34.8 Å². The quantitative estimate of drug-likeness (QED) is 0.546. The molecule has 5 nitrogen and oxygen atoms in total. The number of hydrogen-bond acceptors (Lipinski definition) is 4. The molecular formula is C25H21ClN2O3. The van der Waals surface area contributed by atoms with Gasteiger partial charge in [0.05, 0.1) is 17.4 Å². The summed E-state index contributed by atoms with van der Waals surface area (Å²) in [5, 5.41) is 2.27. The number of para-hydroxylation sites is 1. The zero-order valence-corrected chi connectivity index (χ0v) is 17.9. The molecule has 6 heteroatoms. The van der Waals surface area contributed by atoms with Crippen molar-refractivity contribution in [3.8, 4) is 0 Å². The van der Waals surface area contributed by atoms with E-state index in [0.717, 1.165) is 22.4 Å². The molecule has 0 spiro atoms. The van der Waals surface area contributed by atoms with Crippen molar-refractivity contribution in [1.82, 2.24) is 0 Å². The molecule has 0 unspecified atom stereocenters. The Kier molecular flexibility index (Phi) is 4.80. The predicted molar refractivity (Wildman–Crippen MR) is 120 cm³/mol. The number of imide groups is 1. The fraction of sp³-hybridized carbons (Fsp3) is 0.200. The van der Waals surface area contributed by atoms with Gasteiger partial charge in [0.15, 0.2) is 6.10 Å². The smallest absolute Gasteiger partial charge is 0.266 e. The summed E-state index contributed by atoms with van der Waals surface area (Å²) in [7, 11) is 0. The maximum atomic E-state index is 13.6. The van der Waals surface area contributed by atoms with Gasteiger partial charge in [0.1, 0.15) is 5.92 Å². The number of carbonyl (C=O) groups excluding carboxylic acids is 2. The fourth-order valence-electron chi connectivity index (χ4n) is 4.53. The third-order valence-corrected chi connectivity index (χ3v) is 6.21. The largest absolute Gasteiger partial charge is 0.273 e. The number of hydrogen-bond donors (Lipinski definition) is 0. The first-order valence-electron chi connectivity index (χ1n) is 10.2. The minimum absolute atomic E-state index is 0.263. The normalized spacial score (nSPS) is 22.9. The van der Waals surface area contributed by atoms with Crippen LogP contribution in [-0.2, 0) is 14.4 Å². The molecule has 2 aliphatic rings. The van der Waals surface area contributed by atoms with E-state index in [1.165, 1.54) is 4.90 Å². The molecule has 0 N–H and O–H groups in total. The minimum Gasteiger partial charge on any atom is -0.273 e. The summed E-state index contributed by atoms with van der Waals surface area (Å²) in [6.45, 7) is 4.06. The van der Waals surface area contributed by atoms with Crippen LogP contribution in [0.3, 0.4) is 0 Å². The first-order chi connectivity index (χ1) is 15.0. The minimum atomic E-state index is -0.880. The van der Waals surface area contributed by atoms with Gasteiger partial charge in [-0.05, 0) is 61.4 Å². The molecule has 3 aromatic carbocycles. The monoisotopic (exact) mass is 432 g/mol. The number of halogens is 1. The van der Waals surface area contributed by atoms with Gasteiger partial charge in [-0.2, -0.15) is 0 Å². The Labute approximate surface area is 185 Å². The third kappa shape index (κ3) is 3.21. The zero-order chi connectivity index (χ0) is 21.7. The van der Waals surface area contributed by atoms with Gasteiger partial charge in [-0.3, -0.25) is 14.4 Å². The lowest BCUT2D eigenvalue weighted by atomic mass is 9.87. The highest BCUT2D eigenvalue weighted by Crippen LogP contribution is 2.48. The van der Waals surface area contributed by atoms with E-state index in [1.807, 2.05) is 56.3 Å². The second-order valence-electron chi connectivity index (χ2n) is 8.01. The molecule has 156 valence electrons. The molecular weight excluding hydrogens is 412 g/mol. The van der Waals surface area contributed by atoms with Crippen molar-refractivity contribution in [2.45, 2.75) is 26.0 Å². The number of rotatable bonds is 3. The lowest BCUT2D eigenvalue weighted by molar-refractivity contribution is -0.126. The number of nitrogens with zero attached hydrogens (tertiary/aromatic N) is 2. The van der Waals surface area contributed by atoms with E-state index in [9.17, 15) is 9.59 Å². The van der Waals surface area contributed by atoms with Crippen LogP contribution < -0.4 is 9.96 Å². The van der Waals surface area contributed by atoms with Crippen molar-refractivity contribution in [3.63, 3.8) is 0 Å². The van der Waals surface area contributed by atoms with Crippen LogP contribution in [0.4, 0.5) is 11.4 Å². The molecule has 0 aliphatic carbocycles. The molecule has 2 aliphatic heterocycles. The maximum Gasteiger partial charge on any atom is 0.266 e. The van der Waals surface area contributed by atoms with Crippen molar-refractivity contribution in [1.29, 1.82) is 0 Å². The van der Waals surface area contributed by atoms with Crippen molar-refractivity contribution in [3.05, 3.63) is 94.5 Å². The van der Waals surface area contributed by atoms with Crippen LogP contribution in [0.25, 0.3) is 0 Å². The average Bonchev–Trinajstić information content (AvgIpc) is 3.26. The molecule has 0 saturated carbocycles. The average molecular weight is 433 g/mol. The SMILES string of the molecule is Cc1ccc([C@H]2[C@@H]3C(=O)N(c4ccc(Cl)cc4)C(=O)[C@@H]3ON2c2ccccc2)c(C)c1. The van der Waals surface area contributed by atoms with Gasteiger partial charge >= 0.3 is 0 Å². The molecule has 3 atom stereocenters. The Morgan fingerprint density at radius 2 is 1.55 bits per heavy atom. The number of carbonyl (C=O) groups is 2. The van der Waals surface area contributed by atoms with Crippen LogP contribution in [-0.4, -0.2) is 17.9 Å². The Morgan fingerprint density at radius 1 is 0.839 bits per heavy atom. The summed E-state index contributed by atoms with van der Waals surface area (Å²) in [4.78, 5) is 34.3. The fourth-order valence-corrected chi connectivity index (χ4v) is 4.66. The highest BCUT2D eigenvalue weighted by Gasteiger charge is 2.60. The topological polar surface area (TPSA) is 49.9 Å². The van der Waals surface area contributed by atoms with E-state index in [-0.39, 0.29) is 11.8 Å². The van der Waals surface area contributed by atoms with E-state index < -0.39 is 18.1 Å². The molecule has 31 heavy (non-hydrogen) atoms. The summed E-state index contributed by atoms with van der Waals surface area (Å²) in [6.07, 6.45) is -0.880. The van der Waals surface area contributed by atoms with Gasteiger partial charge in [-0.15, -0.1) is 0 Å². The van der Waals surface area contributed by atoms with E-state index in [2.05, 4.69) is 6.07 Å². The number of hydroxylamine groups is 1. The van der Waals surface area contributed by atoms with E-state index >= 15 is 0 Å². The predicted octanol–water partition coefficient (Wildman–Crippen LogP) is 5.01. The van der Waals surface area contributed by atoms with E-state index in [4.69, 9.17) is 16.4 Å². The molecule has 0 bridgehead atoms. The number of benzene rings is 3. The number of amides is 2. The first-order valence-corrected chi connectivity index (χ1v) is 10.5. The highest BCUT2D eigenvalue weighted by atomic mass is 35.5. The Balaban J connectivity index is 1.61. The lowest BCUT2D eigenvalue weighted by Crippen LogP contribution is -2.37. The standard InChI is InChI=1S/C25H21ClN2O3/c1-15-8-13-20(16(2)14-15)22-21-23(31-28(22)19-6-4-3-5-7-19)25(30)27(24(21)29)18-11-9-17(26)10-12-18/h3-14,21-23H,1-2H3/t21-,22-,23+/m0/s1. The summed E-state index contributed by atoms with van der Waals surface area (Å²) in [6, 6.07) is 22.0. The van der Waals surface area contributed by atoms with Crippen LogP contribution in [0, 0.1) is 19.8 Å². The van der Waals surface area contributed by atoms with Crippen LogP contribution in [0.15, 0.2) is 72.8 Å². The summed E-state index contributed by atoms with van der Waals surface area (Å²) in [5.74, 6) is -1.27. The van der Waals surface area contributed by atoms with Gasteiger partial charge in [0.2, 0.25) is 5.91 Å². The number of anilines is 2. The van der Waals surface area contributed by atoms with Gasteiger partial charge in [0, 0.05) is 5.02 Å². The molecule has 2 heterocycles. The second-order valence-corrected chi connectivity index (χ2v) is 8.44. The summed E-state index contributed by atoms with van der Waals surface area (Å²) < 4.78 is 0. The molecule has 0 radical (unpaired) electrons. The zero-order valence-electron chi connectivity index (χ0n) is 17.2. The molecule has 3 aromatic rings. The van der Waals surface area contributed by atoms with Crippen molar-refractivity contribution in [2.24, 2.45) is 5.92 Å². The molecule has 2 amide bonds. The van der Waals surface area contributed by atoms with Crippen LogP contribution >= 0.6 is 11.6 Å². The summed E-state index contributed by atoms with van der Waals surface area (Å²) in [5.41, 5.74) is 4.48. The van der Waals surface area contributed by atoms with E-state index in [0.29, 0.717) is 10.7 Å². The van der Waals surface area contributed by atoms with Crippen LogP contribution in [0.2, 0.25) is 5.02 Å². The van der Waals surface area contributed by atoms with Crippen LogP contribution in [0.5, 0.6) is 0 Å². The Hall–Kier alpha value is -3.15. The van der Waals surface area contributed by atoms with E-state index in [1.54, 1.807) is 29.3 Å². The van der Waals surface area contributed by atoms with Crippen LogP contribution in [0.1, 0.15) is 22.7 Å². The summed E-state index contributed by atoms with van der Waals surface area (Å²) >= 11 is 5.99. The van der Waals surface area contributed by atoms with Crippen molar-refractivity contribution in [2.75, 3.05) is 9.96 Å². The maximum absolute atomic E-state index is 13.6. The Bertz CT molecular complexity index is 1160. The second kappa shape index (κ2) is 7.52. The molecule has 0 aromatic heterocycles. The molecule has 5 rings (SSSR count). The molecule has 2 fully saturated rings. The highest BCUT2D eigenvalue weighted by molar-refractivity contribution is 6.31. The Morgan fingerprint density at radius 3 is 2.23 bits per heavy atom. The number of fused-ring (bicyclic) bond motifs is 1. The first kappa shape index (κ1) is 19.8. The van der Waals surface area contributed by atoms with Gasteiger partial charge in [0.25, 0.3) is 5.91 Å². The van der Waals surface area contributed by atoms with Gasteiger partial charge in [-0.1, -0.05) is 53.6 Å². The van der Waals surface area contributed by atoms with Crippen molar-refractivity contribution < 1.29 is 14.4 Å². The van der Waals surface area contributed by atoms with Gasteiger partial charge in [-0.25, -0.2) is 9.96 Å². The van der Waals surface area contributed by atoms with Gasteiger partial charge < -0.3 is 0 Å². The lowest BCUT2D eigenvalue weighted by Gasteiger charge is -2.29.